The van der Waals surface area contributed by atoms with Crippen molar-refractivity contribution in [3.8, 4) is 5.75 Å². The number of methoxy groups -OCH3 is 1. The first kappa shape index (κ1) is 11.0. The summed E-state index contributed by atoms with van der Waals surface area (Å²) in [4.78, 5) is 0. The first-order valence-electron chi connectivity index (χ1n) is 4.80. The van der Waals surface area contributed by atoms with Crippen LogP contribution in [-0.4, -0.2) is 25.4 Å². The minimum absolute atomic E-state index is 0.313. The highest BCUT2D eigenvalue weighted by atomic mass is 16.5. The topological polar surface area (TPSA) is 41.5 Å². The number of hydrogen-bond donors (Lipinski definition) is 2. The van der Waals surface area contributed by atoms with Crippen LogP contribution in [0.15, 0.2) is 24.3 Å². The summed E-state index contributed by atoms with van der Waals surface area (Å²) < 4.78 is 4.94. The molecule has 0 fully saturated rings. The van der Waals surface area contributed by atoms with Gasteiger partial charge in [-0.15, -0.1) is 0 Å². The summed E-state index contributed by atoms with van der Waals surface area (Å²) in [5.74, 6) is 0.313. The van der Waals surface area contributed by atoms with Crippen LogP contribution >= 0.6 is 0 Å². The third-order valence-corrected chi connectivity index (χ3v) is 1.97. The van der Waals surface area contributed by atoms with E-state index in [1.807, 2.05) is 12.1 Å². The Kier molecular flexibility index (Phi) is 5.04. The maximum absolute atomic E-state index is 9.06. The van der Waals surface area contributed by atoms with Crippen LogP contribution in [0.3, 0.4) is 0 Å². The van der Waals surface area contributed by atoms with E-state index in [1.54, 1.807) is 19.2 Å². The smallest absolute Gasteiger partial charge is 0.115 e. The van der Waals surface area contributed by atoms with Gasteiger partial charge in [0, 0.05) is 20.3 Å². The lowest BCUT2D eigenvalue weighted by atomic mass is 10.2. The van der Waals surface area contributed by atoms with Crippen molar-refractivity contribution < 1.29 is 9.84 Å². The molecular formula is C11H17NO2. The van der Waals surface area contributed by atoms with Crippen LogP contribution in [0.25, 0.3) is 0 Å². The van der Waals surface area contributed by atoms with Crippen LogP contribution in [-0.2, 0) is 11.3 Å². The second-order valence-corrected chi connectivity index (χ2v) is 3.19. The number of benzene rings is 1. The van der Waals surface area contributed by atoms with Crippen molar-refractivity contribution >= 4 is 0 Å². The Morgan fingerprint density at radius 1 is 1.29 bits per heavy atom. The van der Waals surface area contributed by atoms with Gasteiger partial charge in [-0.25, -0.2) is 0 Å². The lowest BCUT2D eigenvalue weighted by Crippen LogP contribution is -2.15. The maximum Gasteiger partial charge on any atom is 0.115 e. The molecule has 0 aromatic heterocycles. The molecule has 3 nitrogen and oxygen atoms in total. The molecular weight excluding hydrogens is 178 g/mol. The number of nitrogens with one attached hydrogen (secondary N) is 1. The molecule has 78 valence electrons. The molecule has 1 aromatic rings. The van der Waals surface area contributed by atoms with Gasteiger partial charge in [-0.05, 0) is 30.7 Å². The summed E-state index contributed by atoms with van der Waals surface area (Å²) in [5.41, 5.74) is 1.18. The molecule has 0 heterocycles. The van der Waals surface area contributed by atoms with E-state index >= 15 is 0 Å². The first-order valence-corrected chi connectivity index (χ1v) is 4.80. The third-order valence-electron chi connectivity index (χ3n) is 1.97. The van der Waals surface area contributed by atoms with Gasteiger partial charge in [0.25, 0.3) is 0 Å². The molecule has 0 radical (unpaired) electrons. The number of hydrogen-bond acceptors (Lipinski definition) is 3. The Morgan fingerprint density at radius 2 is 2.00 bits per heavy atom. The van der Waals surface area contributed by atoms with Crippen molar-refractivity contribution in [3.05, 3.63) is 29.8 Å². The van der Waals surface area contributed by atoms with Crippen LogP contribution < -0.4 is 5.32 Å². The molecule has 1 rings (SSSR count). The molecule has 3 heteroatoms. The van der Waals surface area contributed by atoms with Crippen molar-refractivity contribution in [2.75, 3.05) is 20.3 Å². The molecule has 0 aliphatic carbocycles. The molecule has 0 unspecified atom stereocenters. The van der Waals surface area contributed by atoms with Gasteiger partial charge < -0.3 is 15.2 Å². The zero-order valence-corrected chi connectivity index (χ0v) is 8.49. The van der Waals surface area contributed by atoms with Crippen LogP contribution in [0, 0.1) is 0 Å². The highest BCUT2D eigenvalue weighted by Gasteiger charge is 1.92. The normalized spacial score (nSPS) is 10.4. The molecule has 0 bridgehead atoms. The number of ether oxygens (including phenoxy) is 1. The second-order valence-electron chi connectivity index (χ2n) is 3.19. The number of phenols is 1. The predicted octanol–water partition coefficient (Wildman–Crippen LogP) is 1.52. The van der Waals surface area contributed by atoms with Crippen molar-refractivity contribution in [3.63, 3.8) is 0 Å². The van der Waals surface area contributed by atoms with Gasteiger partial charge in [0.15, 0.2) is 0 Å². The minimum atomic E-state index is 0.313. The Bertz CT molecular complexity index is 246. The Hall–Kier alpha value is -1.06. The van der Waals surface area contributed by atoms with E-state index in [0.29, 0.717) is 5.75 Å². The average molecular weight is 195 g/mol. The summed E-state index contributed by atoms with van der Waals surface area (Å²) in [6.07, 6.45) is 1.02. The molecule has 0 amide bonds. The predicted molar refractivity (Wildman–Crippen MR) is 56.3 cm³/mol. The molecule has 0 saturated heterocycles. The van der Waals surface area contributed by atoms with Gasteiger partial charge in [-0.1, -0.05) is 12.1 Å². The van der Waals surface area contributed by atoms with Crippen LogP contribution in [0.4, 0.5) is 0 Å². The second kappa shape index (κ2) is 6.40. The minimum Gasteiger partial charge on any atom is -0.508 e. The molecule has 1 aromatic carbocycles. The van der Waals surface area contributed by atoms with E-state index in [9.17, 15) is 0 Å². The van der Waals surface area contributed by atoms with Crippen LogP contribution in [0.5, 0.6) is 5.75 Å². The molecule has 0 saturated carbocycles. The van der Waals surface area contributed by atoms with E-state index in [1.165, 1.54) is 5.56 Å². The Morgan fingerprint density at radius 3 is 2.64 bits per heavy atom. The van der Waals surface area contributed by atoms with Crippen molar-refractivity contribution in [2.45, 2.75) is 13.0 Å². The number of phenolic OH excluding ortho intramolecular Hbond substituents is 1. The average Bonchev–Trinajstić information content (AvgIpc) is 2.21. The zero-order valence-electron chi connectivity index (χ0n) is 8.49. The van der Waals surface area contributed by atoms with Gasteiger partial charge in [-0.3, -0.25) is 0 Å². The fourth-order valence-electron chi connectivity index (χ4n) is 1.19. The summed E-state index contributed by atoms with van der Waals surface area (Å²) in [7, 11) is 1.71. The van der Waals surface area contributed by atoms with E-state index < -0.39 is 0 Å². The molecule has 0 aliphatic rings. The van der Waals surface area contributed by atoms with Crippen molar-refractivity contribution in [1.82, 2.24) is 5.32 Å². The molecule has 0 aliphatic heterocycles. The summed E-state index contributed by atoms with van der Waals surface area (Å²) in [6.45, 7) is 2.58. The van der Waals surface area contributed by atoms with E-state index in [-0.39, 0.29) is 0 Å². The van der Waals surface area contributed by atoms with Gasteiger partial charge in [0.1, 0.15) is 5.75 Å². The van der Waals surface area contributed by atoms with Crippen LogP contribution in [0.2, 0.25) is 0 Å². The highest BCUT2D eigenvalue weighted by molar-refractivity contribution is 5.25. The third kappa shape index (κ3) is 4.25. The summed E-state index contributed by atoms with van der Waals surface area (Å²) in [5, 5.41) is 12.4. The maximum atomic E-state index is 9.06. The number of aromatic hydroxyl groups is 1. The standard InChI is InChI=1S/C11H17NO2/c1-14-8-2-7-12-9-10-3-5-11(13)6-4-10/h3-6,12-13H,2,7-9H2,1H3. The van der Waals surface area contributed by atoms with Crippen LogP contribution in [0.1, 0.15) is 12.0 Å². The molecule has 0 atom stereocenters. The van der Waals surface area contributed by atoms with Gasteiger partial charge in [0.05, 0.1) is 0 Å². The fourth-order valence-corrected chi connectivity index (χ4v) is 1.19. The zero-order chi connectivity index (χ0) is 10.2. The first-order chi connectivity index (χ1) is 6.83. The largest absolute Gasteiger partial charge is 0.508 e. The SMILES string of the molecule is COCCCNCc1ccc(O)cc1. The quantitative estimate of drug-likeness (QED) is 0.676. The summed E-state index contributed by atoms with van der Waals surface area (Å²) >= 11 is 0. The van der Waals surface area contributed by atoms with Gasteiger partial charge in [0.2, 0.25) is 0 Å². The fraction of sp³-hybridized carbons (Fsp3) is 0.455. The lowest BCUT2D eigenvalue weighted by Gasteiger charge is -2.04. The van der Waals surface area contributed by atoms with E-state index in [4.69, 9.17) is 9.84 Å². The lowest BCUT2D eigenvalue weighted by molar-refractivity contribution is 0.194. The Balaban J connectivity index is 2.15. The van der Waals surface area contributed by atoms with E-state index in [2.05, 4.69) is 5.32 Å². The monoisotopic (exact) mass is 195 g/mol. The van der Waals surface area contributed by atoms with E-state index in [0.717, 1.165) is 26.1 Å². The molecule has 2 N–H and O–H groups in total. The molecule has 14 heavy (non-hydrogen) atoms. The van der Waals surface area contributed by atoms with Crippen molar-refractivity contribution in [1.29, 1.82) is 0 Å². The number of rotatable bonds is 6. The van der Waals surface area contributed by atoms with Gasteiger partial charge >= 0.3 is 0 Å². The van der Waals surface area contributed by atoms with Crippen molar-refractivity contribution in [2.24, 2.45) is 0 Å². The highest BCUT2D eigenvalue weighted by Crippen LogP contribution is 2.08. The van der Waals surface area contributed by atoms with Gasteiger partial charge in [-0.2, -0.15) is 0 Å². The summed E-state index contributed by atoms with van der Waals surface area (Å²) in [6, 6.07) is 7.23. The Labute approximate surface area is 84.7 Å². The molecule has 0 spiro atoms.